The number of fused-ring (bicyclic) bond motifs is 1. The summed E-state index contributed by atoms with van der Waals surface area (Å²) in [5.41, 5.74) is 0.169. The molecule has 214 valence electrons. The van der Waals surface area contributed by atoms with Crippen molar-refractivity contribution in [2.45, 2.75) is 77.2 Å². The number of urea groups is 1. The second-order valence-corrected chi connectivity index (χ2v) is 11.4. The van der Waals surface area contributed by atoms with E-state index in [1.165, 1.54) is 0 Å². The standard InChI is InChI=1S/C26H39FN8O4/c1-6-39-23-28-11-19(27)22(30-23)29-21-18-14-35(25(4,5)20(18)31-32-21)24(36)34-13-16(2)33(12-17(34)3)15-26(37)7-9-38-10-8-26/h11,16-17,37H,6-10,12-15H2,1-5H3,(H2,28,29,30,31,32)/t16-,17-/m1/s1. The number of carbonyl (C=O) groups excluding carboxylic acids is 1. The normalized spacial score (nSPS) is 24.5. The molecule has 2 saturated heterocycles. The summed E-state index contributed by atoms with van der Waals surface area (Å²) in [5.74, 6) is -0.272. The zero-order valence-corrected chi connectivity index (χ0v) is 23.3. The number of halogens is 1. The molecule has 3 aliphatic rings. The van der Waals surface area contributed by atoms with Crippen LogP contribution in [0.4, 0.5) is 20.8 Å². The molecule has 3 N–H and O–H groups in total. The van der Waals surface area contributed by atoms with Crippen molar-refractivity contribution < 1.29 is 23.8 Å². The number of aliphatic hydroxyl groups is 1. The van der Waals surface area contributed by atoms with Crippen molar-refractivity contribution in [1.29, 1.82) is 0 Å². The van der Waals surface area contributed by atoms with Crippen LogP contribution in [0, 0.1) is 5.82 Å². The maximum atomic E-state index is 14.5. The van der Waals surface area contributed by atoms with E-state index in [0.717, 1.165) is 17.5 Å². The van der Waals surface area contributed by atoms with E-state index in [-0.39, 0.29) is 29.9 Å². The smallest absolute Gasteiger partial charge is 0.321 e. The Labute approximate surface area is 227 Å². The molecule has 0 aliphatic carbocycles. The van der Waals surface area contributed by atoms with Gasteiger partial charge in [-0.05, 0) is 34.6 Å². The fraction of sp³-hybridized carbons (Fsp3) is 0.692. The fourth-order valence-corrected chi connectivity index (χ4v) is 5.80. The molecule has 2 atom stereocenters. The predicted octanol–water partition coefficient (Wildman–Crippen LogP) is 2.59. The molecule has 0 aromatic carbocycles. The number of ether oxygens (including phenoxy) is 2. The largest absolute Gasteiger partial charge is 0.464 e. The van der Waals surface area contributed by atoms with Gasteiger partial charge >= 0.3 is 12.0 Å². The van der Waals surface area contributed by atoms with Crippen LogP contribution in [0.25, 0.3) is 0 Å². The molecule has 0 saturated carbocycles. The summed E-state index contributed by atoms with van der Waals surface area (Å²) >= 11 is 0. The molecule has 3 aliphatic heterocycles. The highest BCUT2D eigenvalue weighted by Crippen LogP contribution is 2.42. The number of nitrogens with zero attached hydrogens (tertiary/aromatic N) is 6. The SMILES string of the molecule is CCOc1ncc(F)c(Nc2n[nH]c3c2CN(C(=O)N2C[C@@H](C)N(CC4(O)CCOCC4)C[C@H]2C)C3(C)C)n1. The Morgan fingerprint density at radius 1 is 1.26 bits per heavy atom. The van der Waals surface area contributed by atoms with Crippen molar-refractivity contribution in [1.82, 2.24) is 34.9 Å². The zero-order valence-electron chi connectivity index (χ0n) is 23.3. The first-order chi connectivity index (χ1) is 18.5. The summed E-state index contributed by atoms with van der Waals surface area (Å²) in [6.07, 6.45) is 2.31. The second-order valence-electron chi connectivity index (χ2n) is 11.4. The van der Waals surface area contributed by atoms with E-state index in [0.29, 0.717) is 64.7 Å². The number of piperazine rings is 1. The maximum Gasteiger partial charge on any atom is 0.321 e. The van der Waals surface area contributed by atoms with Gasteiger partial charge in [-0.3, -0.25) is 10.00 Å². The first kappa shape index (κ1) is 27.5. The highest BCUT2D eigenvalue weighted by atomic mass is 19.1. The topological polar surface area (TPSA) is 132 Å². The van der Waals surface area contributed by atoms with E-state index < -0.39 is 17.0 Å². The minimum atomic E-state index is -0.749. The Bertz CT molecular complexity index is 1200. The van der Waals surface area contributed by atoms with Gasteiger partial charge in [0.05, 0.1) is 36.2 Å². The van der Waals surface area contributed by atoms with Crippen LogP contribution < -0.4 is 10.1 Å². The van der Waals surface area contributed by atoms with Gasteiger partial charge < -0.3 is 29.7 Å². The molecule has 2 amide bonds. The molecule has 0 unspecified atom stereocenters. The third-order valence-corrected chi connectivity index (χ3v) is 8.21. The number of hydrogen-bond acceptors (Lipinski definition) is 9. The average Bonchev–Trinajstić information content (AvgIpc) is 3.41. The van der Waals surface area contributed by atoms with Crippen LogP contribution in [0.15, 0.2) is 6.20 Å². The van der Waals surface area contributed by atoms with Crippen molar-refractivity contribution in [3.63, 3.8) is 0 Å². The van der Waals surface area contributed by atoms with Crippen LogP contribution in [0.5, 0.6) is 6.01 Å². The third kappa shape index (κ3) is 5.27. The van der Waals surface area contributed by atoms with Gasteiger partial charge in [0.15, 0.2) is 17.5 Å². The second kappa shape index (κ2) is 10.5. The first-order valence-electron chi connectivity index (χ1n) is 13.6. The van der Waals surface area contributed by atoms with E-state index in [2.05, 4.69) is 44.2 Å². The molecule has 12 nitrogen and oxygen atoms in total. The lowest BCUT2D eigenvalue weighted by Gasteiger charge is -2.49. The molecule has 0 spiro atoms. The van der Waals surface area contributed by atoms with Gasteiger partial charge in [0.2, 0.25) is 0 Å². The van der Waals surface area contributed by atoms with Gasteiger partial charge in [-0.2, -0.15) is 10.1 Å². The van der Waals surface area contributed by atoms with E-state index in [9.17, 15) is 14.3 Å². The van der Waals surface area contributed by atoms with Crippen LogP contribution in [-0.2, 0) is 16.8 Å². The van der Waals surface area contributed by atoms with Gasteiger partial charge in [0.25, 0.3) is 0 Å². The Kier molecular flexibility index (Phi) is 7.42. The fourth-order valence-electron chi connectivity index (χ4n) is 5.80. The first-order valence-corrected chi connectivity index (χ1v) is 13.6. The number of H-pyrrole nitrogens is 1. The molecule has 2 aromatic heterocycles. The number of amides is 2. The summed E-state index contributed by atoms with van der Waals surface area (Å²) in [7, 11) is 0. The number of anilines is 2. The van der Waals surface area contributed by atoms with Gasteiger partial charge in [0, 0.05) is 63.3 Å². The molecule has 0 bridgehead atoms. The highest BCUT2D eigenvalue weighted by Gasteiger charge is 2.47. The third-order valence-electron chi connectivity index (χ3n) is 8.21. The van der Waals surface area contributed by atoms with Gasteiger partial charge in [-0.1, -0.05) is 0 Å². The highest BCUT2D eigenvalue weighted by molar-refractivity contribution is 5.78. The van der Waals surface area contributed by atoms with Gasteiger partial charge in [-0.25, -0.2) is 14.2 Å². The van der Waals surface area contributed by atoms with Crippen LogP contribution in [0.2, 0.25) is 0 Å². The van der Waals surface area contributed by atoms with Crippen LogP contribution >= 0.6 is 0 Å². The van der Waals surface area contributed by atoms with Gasteiger partial charge in [0.1, 0.15) is 0 Å². The number of carbonyl (C=O) groups is 1. The number of hydrogen-bond donors (Lipinski definition) is 3. The number of β-amino-alcohol motifs (C(OH)–C–C–N with tert-alkyl or cyclic N) is 1. The van der Waals surface area contributed by atoms with E-state index in [1.807, 2.05) is 23.6 Å². The van der Waals surface area contributed by atoms with E-state index in [4.69, 9.17) is 9.47 Å². The monoisotopic (exact) mass is 546 g/mol. The molecule has 13 heteroatoms. The van der Waals surface area contributed by atoms with Crippen molar-refractivity contribution in [2.75, 3.05) is 44.8 Å². The molecule has 5 heterocycles. The van der Waals surface area contributed by atoms with Crippen LogP contribution in [-0.4, -0.2) is 103 Å². The average molecular weight is 547 g/mol. The van der Waals surface area contributed by atoms with Crippen molar-refractivity contribution in [3.05, 3.63) is 23.3 Å². The summed E-state index contributed by atoms with van der Waals surface area (Å²) in [6.45, 7) is 13.5. The van der Waals surface area contributed by atoms with Crippen LogP contribution in [0.1, 0.15) is 58.7 Å². The lowest BCUT2D eigenvalue weighted by atomic mass is 9.92. The molecular formula is C26H39FN8O4. The number of rotatable bonds is 6. The molecule has 2 fully saturated rings. The zero-order chi connectivity index (χ0) is 27.9. The maximum absolute atomic E-state index is 14.5. The lowest BCUT2D eigenvalue weighted by Crippen LogP contribution is -2.63. The van der Waals surface area contributed by atoms with Crippen molar-refractivity contribution in [3.8, 4) is 6.01 Å². The Morgan fingerprint density at radius 2 is 2.00 bits per heavy atom. The van der Waals surface area contributed by atoms with Crippen molar-refractivity contribution >= 4 is 17.7 Å². The predicted molar refractivity (Wildman–Crippen MR) is 141 cm³/mol. The summed E-state index contributed by atoms with van der Waals surface area (Å²) < 4.78 is 25.2. The summed E-state index contributed by atoms with van der Waals surface area (Å²) in [5, 5.41) is 21.4. The Balaban J connectivity index is 1.29. The van der Waals surface area contributed by atoms with Crippen molar-refractivity contribution in [2.24, 2.45) is 0 Å². The number of aromatic amines is 1. The molecule has 0 radical (unpaired) electrons. The molecular weight excluding hydrogens is 507 g/mol. The molecule has 2 aromatic rings. The van der Waals surface area contributed by atoms with Gasteiger partial charge in [-0.15, -0.1) is 0 Å². The molecule has 39 heavy (non-hydrogen) atoms. The minimum absolute atomic E-state index is 0.0327. The number of nitrogens with one attached hydrogen (secondary N) is 2. The lowest BCUT2D eigenvalue weighted by molar-refractivity contribution is -0.0934. The number of aromatic nitrogens is 4. The quantitative estimate of drug-likeness (QED) is 0.500. The molecule has 5 rings (SSSR count). The Morgan fingerprint density at radius 3 is 2.72 bits per heavy atom. The minimum Gasteiger partial charge on any atom is -0.464 e. The summed E-state index contributed by atoms with van der Waals surface area (Å²) in [4.78, 5) is 27.9. The van der Waals surface area contributed by atoms with E-state index >= 15 is 0 Å². The van der Waals surface area contributed by atoms with Crippen LogP contribution in [0.3, 0.4) is 0 Å². The summed E-state index contributed by atoms with van der Waals surface area (Å²) in [6, 6.07) is 0.0671. The van der Waals surface area contributed by atoms with E-state index in [1.54, 1.807) is 6.92 Å². The Hall–Kier alpha value is -3.03.